The van der Waals surface area contributed by atoms with Gasteiger partial charge in [-0.15, -0.1) is 0 Å². The van der Waals surface area contributed by atoms with Crippen LogP contribution in [0.5, 0.6) is 0 Å². The fraction of sp³-hybridized carbons (Fsp3) is 0.816. The van der Waals surface area contributed by atoms with Crippen molar-refractivity contribution < 1.29 is 32.9 Å². The molecule has 3 unspecified atom stereocenters. The molecule has 0 heterocycles. The summed E-state index contributed by atoms with van der Waals surface area (Å²) in [5.74, 6) is -0.151. The third-order valence-electron chi connectivity index (χ3n) is 10.6. The largest absolute Gasteiger partial charge is 0.472 e. The summed E-state index contributed by atoms with van der Waals surface area (Å²) in [5.41, 5.74) is 0. The molecule has 58 heavy (non-hydrogen) atoms. The fourth-order valence-corrected chi connectivity index (χ4v) is 7.54. The van der Waals surface area contributed by atoms with E-state index in [9.17, 15) is 19.4 Å². The molecule has 0 rings (SSSR count). The van der Waals surface area contributed by atoms with Gasteiger partial charge in [0.1, 0.15) is 13.2 Å². The van der Waals surface area contributed by atoms with Crippen molar-refractivity contribution in [2.24, 2.45) is 0 Å². The minimum absolute atomic E-state index is 0.0725. The monoisotopic (exact) mass is 838 g/mol. The molecule has 0 fully saturated rings. The van der Waals surface area contributed by atoms with Gasteiger partial charge >= 0.3 is 7.82 Å². The molecule has 340 valence electrons. The zero-order valence-corrected chi connectivity index (χ0v) is 39.4. The SMILES string of the molecule is CC/C=C\C/C=C\C/C=C\C/C=C\CCCCCCCCCCCCC(=O)NC(COP(=O)(O)OCC[N+](C)(C)C)C(O)CCCCCCCCCCCCCCC. The van der Waals surface area contributed by atoms with Crippen LogP contribution in [0.25, 0.3) is 0 Å². The highest BCUT2D eigenvalue weighted by molar-refractivity contribution is 7.47. The molecular formula is C49H94N2O6P+. The lowest BCUT2D eigenvalue weighted by atomic mass is 10.0. The van der Waals surface area contributed by atoms with E-state index in [1.54, 1.807) is 0 Å². The maximum atomic E-state index is 12.9. The number of nitrogens with zero attached hydrogens (tertiary/aromatic N) is 1. The molecule has 0 saturated carbocycles. The van der Waals surface area contributed by atoms with Gasteiger partial charge in [0, 0.05) is 6.42 Å². The molecule has 0 aromatic heterocycles. The predicted molar refractivity (Wildman–Crippen MR) is 249 cm³/mol. The first kappa shape index (κ1) is 56.5. The van der Waals surface area contributed by atoms with E-state index < -0.39 is 20.0 Å². The molecule has 0 saturated heterocycles. The number of phosphoric acid groups is 1. The quantitative estimate of drug-likeness (QED) is 0.0244. The van der Waals surface area contributed by atoms with Crippen LogP contribution in [0.1, 0.15) is 206 Å². The maximum Gasteiger partial charge on any atom is 0.472 e. The predicted octanol–water partition coefficient (Wildman–Crippen LogP) is 13.6. The van der Waals surface area contributed by atoms with E-state index in [4.69, 9.17) is 9.05 Å². The van der Waals surface area contributed by atoms with Crippen molar-refractivity contribution in [3.63, 3.8) is 0 Å². The van der Waals surface area contributed by atoms with Gasteiger partial charge in [-0.3, -0.25) is 13.8 Å². The van der Waals surface area contributed by atoms with E-state index in [0.717, 1.165) is 64.2 Å². The fourth-order valence-electron chi connectivity index (χ4n) is 6.80. The van der Waals surface area contributed by atoms with Crippen molar-refractivity contribution in [3.8, 4) is 0 Å². The van der Waals surface area contributed by atoms with Crippen molar-refractivity contribution in [2.45, 2.75) is 219 Å². The number of carbonyl (C=O) groups is 1. The second-order valence-corrected chi connectivity index (χ2v) is 18.9. The van der Waals surface area contributed by atoms with Gasteiger partial charge in [0.05, 0.1) is 39.9 Å². The Balaban J connectivity index is 4.26. The number of unbranched alkanes of at least 4 members (excludes halogenated alkanes) is 22. The number of aliphatic hydroxyl groups excluding tert-OH is 1. The molecule has 0 aromatic carbocycles. The number of rotatable bonds is 43. The Morgan fingerprint density at radius 1 is 0.603 bits per heavy atom. The first-order valence-corrected chi connectivity index (χ1v) is 25.5. The van der Waals surface area contributed by atoms with Crippen LogP contribution in [0, 0.1) is 0 Å². The second kappa shape index (κ2) is 40.8. The first-order chi connectivity index (χ1) is 28.0. The van der Waals surface area contributed by atoms with Gasteiger partial charge in [-0.05, 0) is 51.4 Å². The summed E-state index contributed by atoms with van der Waals surface area (Å²) < 4.78 is 23.7. The lowest BCUT2D eigenvalue weighted by Crippen LogP contribution is -2.46. The van der Waals surface area contributed by atoms with E-state index in [1.165, 1.54) is 116 Å². The van der Waals surface area contributed by atoms with Crippen LogP contribution in [0.4, 0.5) is 0 Å². The van der Waals surface area contributed by atoms with Crippen molar-refractivity contribution in [1.82, 2.24) is 5.32 Å². The molecule has 3 atom stereocenters. The molecule has 1 amide bonds. The van der Waals surface area contributed by atoms with E-state index in [2.05, 4.69) is 67.8 Å². The third-order valence-corrected chi connectivity index (χ3v) is 11.6. The summed E-state index contributed by atoms with van der Waals surface area (Å²) >= 11 is 0. The Labute approximate surface area is 359 Å². The van der Waals surface area contributed by atoms with Crippen LogP contribution in [-0.2, 0) is 18.4 Å². The minimum atomic E-state index is -4.32. The molecular weight excluding hydrogens is 744 g/mol. The molecule has 0 aromatic rings. The Bertz CT molecular complexity index is 1090. The van der Waals surface area contributed by atoms with Gasteiger partial charge in [0.25, 0.3) is 0 Å². The number of likely N-dealkylation sites (N-methyl/N-ethyl adjacent to an activating group) is 1. The number of hydrogen-bond donors (Lipinski definition) is 3. The number of phosphoric ester groups is 1. The van der Waals surface area contributed by atoms with Gasteiger partial charge in [-0.1, -0.05) is 197 Å². The standard InChI is InChI=1S/C49H93N2O6P/c1-6-8-10-12-14-16-18-20-21-22-23-24-25-26-27-28-29-31-33-35-37-39-41-43-49(53)50-47(46-57-58(54,55)56-45-44-51(3,4)5)48(52)42-40-38-36-34-32-30-19-17-15-13-11-9-7-2/h8,10,14,16,20-21,23-24,47-48,52H,6-7,9,11-13,15,17-19,22,25-46H2,1-5H3,(H-,50,53,54,55)/p+1/b10-8-,16-14-,21-20-,24-23-. The second-order valence-electron chi connectivity index (χ2n) is 17.5. The maximum absolute atomic E-state index is 12.9. The summed E-state index contributed by atoms with van der Waals surface area (Å²) in [4.78, 5) is 23.2. The number of carbonyl (C=O) groups excluding carboxylic acids is 1. The van der Waals surface area contributed by atoms with Gasteiger partial charge in [0.15, 0.2) is 0 Å². The van der Waals surface area contributed by atoms with Crippen LogP contribution in [-0.4, -0.2) is 73.4 Å². The molecule has 8 nitrogen and oxygen atoms in total. The van der Waals surface area contributed by atoms with Crippen molar-refractivity contribution in [2.75, 3.05) is 40.9 Å². The van der Waals surface area contributed by atoms with Crippen LogP contribution < -0.4 is 5.32 Å². The van der Waals surface area contributed by atoms with Gasteiger partial charge in [-0.2, -0.15) is 0 Å². The van der Waals surface area contributed by atoms with Crippen LogP contribution >= 0.6 is 7.82 Å². The molecule has 0 spiro atoms. The third kappa shape index (κ3) is 42.6. The Morgan fingerprint density at radius 3 is 1.52 bits per heavy atom. The zero-order valence-electron chi connectivity index (χ0n) is 38.5. The molecule has 0 aliphatic carbocycles. The lowest BCUT2D eigenvalue weighted by Gasteiger charge is -2.26. The molecule has 0 aliphatic heterocycles. The van der Waals surface area contributed by atoms with Gasteiger partial charge < -0.3 is 19.8 Å². The average Bonchev–Trinajstić information content (AvgIpc) is 3.17. The Hall–Kier alpha value is -1.54. The number of allylic oxidation sites excluding steroid dienone is 8. The minimum Gasteiger partial charge on any atom is -0.391 e. The van der Waals surface area contributed by atoms with Crippen LogP contribution in [0.3, 0.4) is 0 Å². The molecule has 0 radical (unpaired) electrons. The van der Waals surface area contributed by atoms with Crippen molar-refractivity contribution >= 4 is 13.7 Å². The van der Waals surface area contributed by atoms with Crippen molar-refractivity contribution in [3.05, 3.63) is 48.6 Å². The topological polar surface area (TPSA) is 105 Å². The normalized spacial score (nSPS) is 14.7. The van der Waals surface area contributed by atoms with E-state index in [-0.39, 0.29) is 19.1 Å². The number of quaternary nitrogens is 1. The molecule has 9 heteroatoms. The lowest BCUT2D eigenvalue weighted by molar-refractivity contribution is -0.870. The summed E-state index contributed by atoms with van der Waals surface area (Å²) in [7, 11) is 1.61. The number of hydrogen-bond acceptors (Lipinski definition) is 5. The summed E-state index contributed by atoms with van der Waals surface area (Å²) in [6.45, 7) is 4.77. The number of nitrogens with one attached hydrogen (secondary N) is 1. The molecule has 0 aliphatic rings. The van der Waals surface area contributed by atoms with Gasteiger partial charge in [-0.25, -0.2) is 4.57 Å². The van der Waals surface area contributed by atoms with E-state index in [0.29, 0.717) is 23.9 Å². The van der Waals surface area contributed by atoms with Crippen LogP contribution in [0.2, 0.25) is 0 Å². The smallest absolute Gasteiger partial charge is 0.391 e. The Morgan fingerprint density at radius 2 is 1.03 bits per heavy atom. The zero-order chi connectivity index (χ0) is 42.8. The average molecular weight is 838 g/mol. The first-order valence-electron chi connectivity index (χ1n) is 24.0. The number of amides is 1. The van der Waals surface area contributed by atoms with E-state index in [1.807, 2.05) is 21.1 Å². The summed E-state index contributed by atoms with van der Waals surface area (Å²) in [6.07, 6.45) is 51.4. The Kier molecular flexibility index (Phi) is 39.8. The summed E-state index contributed by atoms with van der Waals surface area (Å²) in [5, 5.41) is 14.0. The highest BCUT2D eigenvalue weighted by Crippen LogP contribution is 2.43. The van der Waals surface area contributed by atoms with Crippen molar-refractivity contribution in [1.29, 1.82) is 0 Å². The summed E-state index contributed by atoms with van der Waals surface area (Å²) in [6, 6.07) is -0.763. The number of aliphatic hydroxyl groups is 1. The van der Waals surface area contributed by atoms with Gasteiger partial charge in [0.2, 0.25) is 5.91 Å². The molecule has 3 N–H and O–H groups in total. The van der Waals surface area contributed by atoms with E-state index >= 15 is 0 Å². The highest BCUT2D eigenvalue weighted by atomic mass is 31.2. The van der Waals surface area contributed by atoms with Crippen LogP contribution in [0.15, 0.2) is 48.6 Å². The molecule has 0 bridgehead atoms. The highest BCUT2D eigenvalue weighted by Gasteiger charge is 2.28.